The maximum atomic E-state index is 13.3. The maximum absolute atomic E-state index is 13.3. The van der Waals surface area contributed by atoms with Gasteiger partial charge in [-0.25, -0.2) is 4.39 Å². The molecule has 2 aromatic rings. The molecule has 0 saturated heterocycles. The van der Waals surface area contributed by atoms with Crippen molar-refractivity contribution in [2.75, 3.05) is 0 Å². The molecule has 2 rings (SSSR count). The van der Waals surface area contributed by atoms with Crippen molar-refractivity contribution in [3.8, 4) is 0 Å². The van der Waals surface area contributed by atoms with E-state index in [1.165, 1.54) is 10.9 Å². The molecular weight excluding hydrogens is 263 g/mol. The van der Waals surface area contributed by atoms with Crippen LogP contribution in [0.15, 0.2) is 40.2 Å². The predicted octanol–water partition coefficient (Wildman–Crippen LogP) is 4.24. The molecule has 0 spiro atoms. The summed E-state index contributed by atoms with van der Waals surface area (Å²) in [6.07, 6.45) is 0.670. The summed E-state index contributed by atoms with van der Waals surface area (Å²) in [5, 5.41) is 2.01. The van der Waals surface area contributed by atoms with Gasteiger partial charge in [0.25, 0.3) is 0 Å². The van der Waals surface area contributed by atoms with Gasteiger partial charge in [0, 0.05) is 21.2 Å². The van der Waals surface area contributed by atoms with Crippen molar-refractivity contribution in [1.29, 1.82) is 0 Å². The van der Waals surface area contributed by atoms with E-state index in [2.05, 4.69) is 15.9 Å². The van der Waals surface area contributed by atoms with Gasteiger partial charge in [-0.1, -0.05) is 18.2 Å². The molecule has 0 nitrogen and oxygen atoms in total. The van der Waals surface area contributed by atoms with Crippen LogP contribution in [0.3, 0.4) is 0 Å². The molecule has 0 fully saturated rings. The minimum atomic E-state index is -0.128. The molecule has 0 aliphatic heterocycles. The van der Waals surface area contributed by atoms with Gasteiger partial charge in [0.15, 0.2) is 0 Å². The third kappa shape index (κ3) is 2.22. The summed E-state index contributed by atoms with van der Waals surface area (Å²) < 4.78 is 14.3. The molecule has 0 amide bonds. The van der Waals surface area contributed by atoms with E-state index in [1.54, 1.807) is 17.4 Å². The van der Waals surface area contributed by atoms with Gasteiger partial charge in [-0.05, 0) is 33.6 Å². The normalized spacial score (nSPS) is 10.4. The fourth-order valence-electron chi connectivity index (χ4n) is 1.28. The number of benzene rings is 1. The fraction of sp³-hybridized carbons (Fsp3) is 0.0909. The predicted molar refractivity (Wildman–Crippen MR) is 61.2 cm³/mol. The van der Waals surface area contributed by atoms with Crippen molar-refractivity contribution in [3.05, 3.63) is 56.4 Å². The zero-order valence-electron chi connectivity index (χ0n) is 7.34. The summed E-state index contributed by atoms with van der Waals surface area (Å²) in [6, 6.07) is 8.92. The van der Waals surface area contributed by atoms with Crippen LogP contribution in [0.2, 0.25) is 0 Å². The first-order valence-corrected chi connectivity index (χ1v) is 5.89. The Labute approximate surface area is 94.5 Å². The van der Waals surface area contributed by atoms with Gasteiger partial charge in [0.1, 0.15) is 5.82 Å². The lowest BCUT2D eigenvalue weighted by Crippen LogP contribution is -1.88. The van der Waals surface area contributed by atoms with Crippen LogP contribution in [-0.2, 0) is 6.42 Å². The summed E-state index contributed by atoms with van der Waals surface area (Å²) in [5.74, 6) is -0.128. The Kier molecular flexibility index (Phi) is 2.99. The molecule has 1 aromatic carbocycles. The van der Waals surface area contributed by atoms with Crippen LogP contribution in [0.25, 0.3) is 0 Å². The molecule has 0 radical (unpaired) electrons. The number of halogens is 2. The second-order valence-electron chi connectivity index (χ2n) is 3.00. The van der Waals surface area contributed by atoms with Crippen LogP contribution in [0.5, 0.6) is 0 Å². The lowest BCUT2D eigenvalue weighted by atomic mass is 10.1. The Morgan fingerprint density at radius 3 is 2.71 bits per heavy atom. The van der Waals surface area contributed by atoms with Crippen molar-refractivity contribution in [2.24, 2.45) is 0 Å². The Bertz CT molecular complexity index is 436. The van der Waals surface area contributed by atoms with Crippen LogP contribution in [-0.4, -0.2) is 0 Å². The maximum Gasteiger partial charge on any atom is 0.126 e. The van der Waals surface area contributed by atoms with E-state index < -0.39 is 0 Å². The first-order chi connectivity index (χ1) is 6.75. The van der Waals surface area contributed by atoms with Crippen LogP contribution in [0, 0.1) is 5.82 Å². The molecule has 0 atom stereocenters. The van der Waals surface area contributed by atoms with Gasteiger partial charge < -0.3 is 0 Å². The topological polar surface area (TPSA) is 0 Å². The van der Waals surface area contributed by atoms with Crippen molar-refractivity contribution in [1.82, 2.24) is 0 Å². The van der Waals surface area contributed by atoms with Gasteiger partial charge >= 0.3 is 0 Å². The molecule has 0 saturated carbocycles. The highest BCUT2D eigenvalue weighted by molar-refractivity contribution is 9.10. The van der Waals surface area contributed by atoms with Gasteiger partial charge in [-0.2, -0.15) is 0 Å². The van der Waals surface area contributed by atoms with Crippen LogP contribution in [0.4, 0.5) is 4.39 Å². The molecule has 0 aliphatic rings. The van der Waals surface area contributed by atoms with Crippen molar-refractivity contribution >= 4 is 27.3 Å². The molecule has 1 aromatic heterocycles. The van der Waals surface area contributed by atoms with Crippen molar-refractivity contribution in [2.45, 2.75) is 6.42 Å². The molecule has 0 bridgehead atoms. The average molecular weight is 271 g/mol. The van der Waals surface area contributed by atoms with Gasteiger partial charge in [0.05, 0.1) is 0 Å². The van der Waals surface area contributed by atoms with Crippen molar-refractivity contribution in [3.63, 3.8) is 0 Å². The molecule has 72 valence electrons. The third-order valence-electron chi connectivity index (χ3n) is 1.94. The summed E-state index contributed by atoms with van der Waals surface area (Å²) in [4.78, 5) is 1.17. The summed E-state index contributed by atoms with van der Waals surface area (Å²) in [7, 11) is 0. The standard InChI is InChI=1S/C11H8BrFS/c12-9-6-10(14-7-9)5-8-3-1-2-4-11(8)13/h1-4,6-7H,5H2. The summed E-state index contributed by atoms with van der Waals surface area (Å²) in [6.45, 7) is 0. The van der Waals surface area contributed by atoms with Crippen LogP contribution < -0.4 is 0 Å². The first-order valence-electron chi connectivity index (χ1n) is 4.22. The number of hydrogen-bond donors (Lipinski definition) is 0. The van der Waals surface area contributed by atoms with Crippen LogP contribution >= 0.6 is 27.3 Å². The second-order valence-corrected chi connectivity index (χ2v) is 4.91. The van der Waals surface area contributed by atoms with E-state index in [0.29, 0.717) is 6.42 Å². The Hall–Kier alpha value is -0.670. The van der Waals surface area contributed by atoms with E-state index in [4.69, 9.17) is 0 Å². The first kappa shape index (κ1) is 9.87. The quantitative estimate of drug-likeness (QED) is 0.766. The molecule has 0 aliphatic carbocycles. The Balaban J connectivity index is 2.23. The number of rotatable bonds is 2. The minimum Gasteiger partial charge on any atom is -0.207 e. The average Bonchev–Trinajstić information content (AvgIpc) is 2.56. The number of hydrogen-bond acceptors (Lipinski definition) is 1. The highest BCUT2D eigenvalue weighted by atomic mass is 79.9. The Morgan fingerprint density at radius 2 is 2.07 bits per heavy atom. The van der Waals surface area contributed by atoms with E-state index in [9.17, 15) is 4.39 Å². The monoisotopic (exact) mass is 270 g/mol. The molecule has 1 heterocycles. The molecule has 3 heteroatoms. The number of thiophene rings is 1. The van der Waals surface area contributed by atoms with Gasteiger partial charge in [0.2, 0.25) is 0 Å². The zero-order valence-corrected chi connectivity index (χ0v) is 9.74. The van der Waals surface area contributed by atoms with E-state index in [0.717, 1.165) is 10.0 Å². The van der Waals surface area contributed by atoms with E-state index in [-0.39, 0.29) is 5.82 Å². The molecule has 0 unspecified atom stereocenters. The zero-order chi connectivity index (χ0) is 9.97. The smallest absolute Gasteiger partial charge is 0.126 e. The Morgan fingerprint density at radius 1 is 1.29 bits per heavy atom. The molecular formula is C11H8BrFS. The van der Waals surface area contributed by atoms with Gasteiger partial charge in [-0.15, -0.1) is 11.3 Å². The van der Waals surface area contributed by atoms with E-state index in [1.807, 2.05) is 23.6 Å². The molecule has 0 N–H and O–H groups in total. The summed E-state index contributed by atoms with van der Waals surface area (Å²) in [5.41, 5.74) is 0.752. The SMILES string of the molecule is Fc1ccccc1Cc1cc(Br)cs1. The minimum absolute atomic E-state index is 0.128. The van der Waals surface area contributed by atoms with Gasteiger partial charge in [-0.3, -0.25) is 0 Å². The fourth-order valence-corrected chi connectivity index (χ4v) is 2.75. The second kappa shape index (κ2) is 4.24. The lowest BCUT2D eigenvalue weighted by Gasteiger charge is -1.99. The molecule has 14 heavy (non-hydrogen) atoms. The lowest BCUT2D eigenvalue weighted by molar-refractivity contribution is 0.614. The van der Waals surface area contributed by atoms with Crippen molar-refractivity contribution < 1.29 is 4.39 Å². The van der Waals surface area contributed by atoms with Crippen LogP contribution in [0.1, 0.15) is 10.4 Å². The third-order valence-corrected chi connectivity index (χ3v) is 3.64. The summed E-state index contributed by atoms with van der Waals surface area (Å²) >= 11 is 5.02. The highest BCUT2D eigenvalue weighted by Crippen LogP contribution is 2.23. The van der Waals surface area contributed by atoms with E-state index >= 15 is 0 Å². The largest absolute Gasteiger partial charge is 0.207 e. The highest BCUT2D eigenvalue weighted by Gasteiger charge is 2.03.